The minimum atomic E-state index is -4.77. The highest BCUT2D eigenvalue weighted by Crippen LogP contribution is 2.34. The van der Waals surface area contributed by atoms with Gasteiger partial charge in [-0.15, -0.1) is 18.3 Å². The lowest BCUT2D eigenvalue weighted by Crippen LogP contribution is -2.23. The zero-order chi connectivity index (χ0) is 21.4. The Labute approximate surface area is 166 Å². The number of aromatic amines is 1. The molecule has 1 aromatic carbocycles. The van der Waals surface area contributed by atoms with Crippen LogP contribution >= 0.6 is 0 Å². The van der Waals surface area contributed by atoms with Gasteiger partial charge >= 0.3 is 12.1 Å². The van der Waals surface area contributed by atoms with Gasteiger partial charge in [-0.2, -0.15) is 0 Å². The summed E-state index contributed by atoms with van der Waals surface area (Å²) in [7, 11) is 0. The highest BCUT2D eigenvalue weighted by molar-refractivity contribution is 5.53. The number of rotatable bonds is 5. The van der Waals surface area contributed by atoms with Gasteiger partial charge in [0.05, 0.1) is 11.8 Å². The van der Waals surface area contributed by atoms with Gasteiger partial charge in [0, 0.05) is 12.3 Å². The SMILES string of the molecule is C[C@@]1(c2ccc(OC(F)(F)F)cc2)C=C(Oc2cncc(-c3n[nH]c(=O)o3)c2)NO1. The van der Waals surface area contributed by atoms with Crippen LogP contribution in [0.2, 0.25) is 0 Å². The first-order valence-corrected chi connectivity index (χ1v) is 8.42. The molecule has 12 heteroatoms. The molecule has 2 N–H and O–H groups in total. The maximum absolute atomic E-state index is 12.3. The van der Waals surface area contributed by atoms with Crippen LogP contribution in [0.1, 0.15) is 12.5 Å². The summed E-state index contributed by atoms with van der Waals surface area (Å²) in [4.78, 5) is 20.6. The van der Waals surface area contributed by atoms with E-state index in [1.807, 2.05) is 0 Å². The molecule has 156 valence electrons. The fraction of sp³-hybridized carbons (Fsp3) is 0.167. The predicted molar refractivity (Wildman–Crippen MR) is 93.8 cm³/mol. The van der Waals surface area contributed by atoms with E-state index in [9.17, 15) is 18.0 Å². The molecule has 3 heterocycles. The second kappa shape index (κ2) is 7.22. The molecule has 1 atom stereocenters. The van der Waals surface area contributed by atoms with Crippen LogP contribution in [0.15, 0.2) is 63.9 Å². The first-order chi connectivity index (χ1) is 14.2. The van der Waals surface area contributed by atoms with Crippen LogP contribution in [0.3, 0.4) is 0 Å². The third-order valence-electron chi connectivity index (χ3n) is 4.06. The summed E-state index contributed by atoms with van der Waals surface area (Å²) >= 11 is 0. The third kappa shape index (κ3) is 4.27. The Balaban J connectivity index is 1.50. The van der Waals surface area contributed by atoms with Crippen molar-refractivity contribution in [2.75, 3.05) is 0 Å². The van der Waals surface area contributed by atoms with Crippen molar-refractivity contribution in [3.63, 3.8) is 0 Å². The zero-order valence-electron chi connectivity index (χ0n) is 15.2. The topological polar surface area (TPSA) is 112 Å². The third-order valence-corrected chi connectivity index (χ3v) is 4.06. The molecular formula is C18H13F3N4O5. The highest BCUT2D eigenvalue weighted by Gasteiger charge is 2.34. The Morgan fingerprint density at radius 3 is 2.57 bits per heavy atom. The number of hydrogen-bond donors (Lipinski definition) is 2. The molecule has 3 aromatic rings. The smallest absolute Gasteiger partial charge is 0.438 e. The summed E-state index contributed by atoms with van der Waals surface area (Å²) in [6, 6.07) is 6.83. The Morgan fingerprint density at radius 1 is 1.13 bits per heavy atom. The summed E-state index contributed by atoms with van der Waals surface area (Å²) in [6.07, 6.45) is -0.296. The molecule has 0 radical (unpaired) electrons. The van der Waals surface area contributed by atoms with Gasteiger partial charge in [-0.25, -0.2) is 15.4 Å². The molecule has 0 bridgehead atoms. The van der Waals surface area contributed by atoms with Crippen LogP contribution in [0.5, 0.6) is 11.5 Å². The van der Waals surface area contributed by atoms with Gasteiger partial charge in [-0.3, -0.25) is 9.82 Å². The molecule has 0 unspecified atom stereocenters. The first kappa shape index (κ1) is 19.5. The van der Waals surface area contributed by atoms with Crippen LogP contribution in [-0.4, -0.2) is 21.5 Å². The van der Waals surface area contributed by atoms with E-state index < -0.39 is 17.7 Å². The minimum Gasteiger partial charge on any atom is -0.438 e. The van der Waals surface area contributed by atoms with Crippen molar-refractivity contribution in [2.24, 2.45) is 0 Å². The lowest BCUT2D eigenvalue weighted by molar-refractivity contribution is -0.274. The number of aromatic nitrogens is 3. The Kier molecular flexibility index (Phi) is 4.70. The number of benzene rings is 1. The van der Waals surface area contributed by atoms with Crippen LogP contribution in [0.25, 0.3) is 11.5 Å². The Bertz CT molecular complexity index is 1140. The molecule has 4 rings (SSSR count). The normalized spacial score (nSPS) is 18.6. The zero-order valence-corrected chi connectivity index (χ0v) is 15.2. The number of halogens is 3. The van der Waals surface area contributed by atoms with E-state index in [4.69, 9.17) is 14.0 Å². The van der Waals surface area contributed by atoms with Crippen molar-refractivity contribution in [2.45, 2.75) is 18.9 Å². The number of nitrogens with zero attached hydrogens (tertiary/aromatic N) is 2. The molecular weight excluding hydrogens is 409 g/mol. The summed E-state index contributed by atoms with van der Waals surface area (Å²) in [6.45, 7) is 1.70. The van der Waals surface area contributed by atoms with E-state index in [1.165, 1.54) is 36.7 Å². The number of hydrogen-bond acceptors (Lipinski definition) is 8. The molecule has 30 heavy (non-hydrogen) atoms. The van der Waals surface area contributed by atoms with Crippen molar-refractivity contribution < 1.29 is 31.9 Å². The van der Waals surface area contributed by atoms with Gasteiger partial charge in [0.15, 0.2) is 0 Å². The van der Waals surface area contributed by atoms with Gasteiger partial charge in [0.25, 0.3) is 5.89 Å². The molecule has 0 aliphatic carbocycles. The number of nitrogens with one attached hydrogen (secondary N) is 2. The maximum Gasteiger partial charge on any atom is 0.573 e. The lowest BCUT2D eigenvalue weighted by atomic mass is 9.96. The van der Waals surface area contributed by atoms with Crippen molar-refractivity contribution in [1.29, 1.82) is 0 Å². The van der Waals surface area contributed by atoms with E-state index in [0.717, 1.165) is 0 Å². The number of alkyl halides is 3. The number of ether oxygens (including phenoxy) is 2. The lowest BCUT2D eigenvalue weighted by Gasteiger charge is -2.20. The first-order valence-electron chi connectivity index (χ1n) is 8.42. The second-order valence-electron chi connectivity index (χ2n) is 6.32. The van der Waals surface area contributed by atoms with Crippen molar-refractivity contribution in [3.05, 3.63) is 70.8 Å². The van der Waals surface area contributed by atoms with Crippen LogP contribution in [0, 0.1) is 0 Å². The summed E-state index contributed by atoms with van der Waals surface area (Å²) in [5.41, 5.74) is 2.58. The molecule has 0 spiro atoms. The van der Waals surface area contributed by atoms with Gasteiger partial charge in [0.2, 0.25) is 5.88 Å². The van der Waals surface area contributed by atoms with Gasteiger partial charge < -0.3 is 13.9 Å². The Morgan fingerprint density at radius 2 is 1.90 bits per heavy atom. The van der Waals surface area contributed by atoms with E-state index >= 15 is 0 Å². The molecule has 1 aliphatic rings. The van der Waals surface area contributed by atoms with Crippen LogP contribution in [0.4, 0.5) is 13.2 Å². The van der Waals surface area contributed by atoms with E-state index in [0.29, 0.717) is 16.9 Å². The van der Waals surface area contributed by atoms with Crippen molar-refractivity contribution in [3.8, 4) is 23.0 Å². The molecule has 9 nitrogen and oxygen atoms in total. The van der Waals surface area contributed by atoms with Crippen molar-refractivity contribution >= 4 is 0 Å². The van der Waals surface area contributed by atoms with Crippen LogP contribution in [-0.2, 0) is 10.4 Å². The summed E-state index contributed by atoms with van der Waals surface area (Å²) in [5, 5.41) is 5.86. The van der Waals surface area contributed by atoms with Gasteiger partial charge in [-0.1, -0.05) is 12.1 Å². The molecule has 0 fully saturated rings. The largest absolute Gasteiger partial charge is 0.573 e. The summed E-state index contributed by atoms with van der Waals surface area (Å²) in [5.74, 6) is -0.454. The maximum atomic E-state index is 12.3. The molecule has 0 amide bonds. The quantitative estimate of drug-likeness (QED) is 0.646. The van der Waals surface area contributed by atoms with Crippen molar-refractivity contribution in [1.82, 2.24) is 20.7 Å². The number of H-pyrrole nitrogens is 1. The van der Waals surface area contributed by atoms with E-state index in [2.05, 4.69) is 25.4 Å². The van der Waals surface area contributed by atoms with Gasteiger partial charge in [-0.05, 0) is 30.7 Å². The van der Waals surface area contributed by atoms with E-state index in [-0.39, 0.29) is 17.5 Å². The van der Waals surface area contributed by atoms with Gasteiger partial charge in [0.1, 0.15) is 17.1 Å². The average Bonchev–Trinajstić information content (AvgIpc) is 3.28. The molecule has 1 aliphatic heterocycles. The molecule has 2 aromatic heterocycles. The Hall–Kier alpha value is -3.80. The fourth-order valence-corrected chi connectivity index (χ4v) is 2.72. The fourth-order valence-electron chi connectivity index (χ4n) is 2.72. The second-order valence-corrected chi connectivity index (χ2v) is 6.32. The monoisotopic (exact) mass is 422 g/mol. The minimum absolute atomic E-state index is 0.0496. The number of hydroxylamine groups is 1. The predicted octanol–water partition coefficient (Wildman–Crippen LogP) is 2.99. The highest BCUT2D eigenvalue weighted by atomic mass is 19.4. The molecule has 0 saturated heterocycles. The number of pyridine rings is 1. The van der Waals surface area contributed by atoms with Crippen LogP contribution < -0.4 is 20.7 Å². The standard InChI is InChI=1S/C18H13F3N4O5/c1-17(11-2-4-12(5-3-11)29-18(19,20)21)7-14(25-30-17)27-13-6-10(8-22-9-13)15-23-24-16(26)28-15/h2-9,25H,1H3,(H,24,26)/t17-/m0/s1. The average molecular weight is 422 g/mol. The summed E-state index contributed by atoms with van der Waals surface area (Å²) < 4.78 is 51.3. The van der Waals surface area contributed by atoms with E-state index in [1.54, 1.807) is 19.1 Å². The molecule has 0 saturated carbocycles.